The van der Waals surface area contributed by atoms with Gasteiger partial charge in [-0.2, -0.15) is 0 Å². The summed E-state index contributed by atoms with van der Waals surface area (Å²) in [6, 6.07) is 14.4. The smallest absolute Gasteiger partial charge is 0.316 e. The molecule has 0 spiro atoms. The number of hydrogen-bond acceptors (Lipinski definition) is 9. The lowest BCUT2D eigenvalue weighted by atomic mass is 10.2. The molecule has 8 nitrogen and oxygen atoms in total. The second kappa shape index (κ2) is 8.93. The lowest BCUT2D eigenvalue weighted by Gasteiger charge is -2.03. The van der Waals surface area contributed by atoms with Crippen LogP contribution in [0, 0.1) is 0 Å². The van der Waals surface area contributed by atoms with E-state index in [1.54, 1.807) is 18.2 Å². The first-order valence-corrected chi connectivity index (χ1v) is 10.3. The topological polar surface area (TPSA) is 99.6 Å². The van der Waals surface area contributed by atoms with Gasteiger partial charge in [-0.25, -0.2) is 0 Å². The predicted molar refractivity (Wildman–Crippen MR) is 107 cm³/mol. The van der Waals surface area contributed by atoms with Gasteiger partial charge in [0.15, 0.2) is 15.8 Å². The number of nitrogens with one attached hydrogen (secondary N) is 1. The number of carbonyl (C=O) groups is 2. The maximum atomic E-state index is 12.4. The van der Waals surface area contributed by atoms with Crippen LogP contribution in [-0.4, -0.2) is 34.6 Å². The lowest BCUT2D eigenvalue weighted by Crippen LogP contribution is -2.11. The number of hydrogen-bond donors (Lipinski definition) is 1. The Bertz CT molecular complexity index is 1030. The van der Waals surface area contributed by atoms with Crippen molar-refractivity contribution >= 4 is 40.1 Å². The van der Waals surface area contributed by atoms with Crippen LogP contribution < -0.4 is 14.8 Å². The molecular weight excluding hydrogens is 414 g/mol. The zero-order valence-corrected chi connectivity index (χ0v) is 16.6. The molecule has 148 valence electrons. The summed E-state index contributed by atoms with van der Waals surface area (Å²) in [5, 5.41) is 10.9. The Hall–Kier alpha value is -3.11. The Morgan fingerprint density at radius 3 is 2.79 bits per heavy atom. The van der Waals surface area contributed by atoms with Gasteiger partial charge in [0.05, 0.1) is 5.75 Å². The van der Waals surface area contributed by atoms with Crippen LogP contribution in [0.1, 0.15) is 15.9 Å². The molecule has 3 aromatic rings. The highest BCUT2D eigenvalue weighted by atomic mass is 32.2. The maximum absolute atomic E-state index is 12.4. The third-order valence-electron chi connectivity index (χ3n) is 3.82. The minimum atomic E-state index is -0.347. The van der Waals surface area contributed by atoms with Crippen molar-refractivity contribution in [3.05, 3.63) is 59.7 Å². The number of carbonyl (C=O) groups excluding carboxylic acids is 2. The maximum Gasteiger partial charge on any atom is 0.316 e. The van der Waals surface area contributed by atoms with Gasteiger partial charge in [0.1, 0.15) is 6.61 Å². The molecule has 0 unspecified atom stereocenters. The Labute approximate surface area is 174 Å². The van der Waals surface area contributed by atoms with Gasteiger partial charge in [-0.05, 0) is 23.8 Å². The van der Waals surface area contributed by atoms with Crippen LogP contribution in [0.5, 0.6) is 11.5 Å². The van der Waals surface area contributed by atoms with E-state index in [0.717, 1.165) is 5.56 Å². The Morgan fingerprint density at radius 2 is 1.93 bits per heavy atom. The molecule has 0 bridgehead atoms. The average Bonchev–Trinajstić information content (AvgIpc) is 3.40. The summed E-state index contributed by atoms with van der Waals surface area (Å²) in [6.45, 7) is 0.373. The van der Waals surface area contributed by atoms with E-state index < -0.39 is 0 Å². The fraction of sp³-hybridized carbons (Fsp3) is 0.158. The number of rotatable bonds is 7. The Morgan fingerprint density at radius 1 is 1.10 bits per heavy atom. The van der Waals surface area contributed by atoms with Gasteiger partial charge in [-0.1, -0.05) is 53.4 Å². The minimum absolute atomic E-state index is 0.109. The van der Waals surface area contributed by atoms with Crippen LogP contribution >= 0.6 is 23.1 Å². The fourth-order valence-corrected chi connectivity index (χ4v) is 3.97. The minimum Gasteiger partial charge on any atom is -0.460 e. The average molecular weight is 429 g/mol. The highest BCUT2D eigenvalue weighted by Crippen LogP contribution is 2.33. The van der Waals surface area contributed by atoms with Crippen LogP contribution in [0.25, 0.3) is 0 Å². The second-order valence-corrected chi connectivity index (χ2v) is 8.03. The summed E-state index contributed by atoms with van der Waals surface area (Å²) in [7, 11) is 0. The van der Waals surface area contributed by atoms with Crippen LogP contribution in [-0.2, 0) is 16.1 Å². The van der Waals surface area contributed by atoms with Gasteiger partial charge in [0, 0.05) is 5.56 Å². The van der Waals surface area contributed by atoms with Gasteiger partial charge in [0.2, 0.25) is 11.9 Å². The van der Waals surface area contributed by atoms with Crippen molar-refractivity contribution < 1.29 is 23.8 Å². The summed E-state index contributed by atoms with van der Waals surface area (Å²) in [5.74, 6) is 0.561. The highest BCUT2D eigenvalue weighted by Gasteiger charge is 2.17. The molecule has 0 aliphatic carbocycles. The summed E-state index contributed by atoms with van der Waals surface area (Å²) in [6.07, 6.45) is 0. The number of anilines is 1. The summed E-state index contributed by atoms with van der Waals surface area (Å²) >= 11 is 2.39. The van der Waals surface area contributed by atoms with Gasteiger partial charge >= 0.3 is 5.97 Å². The van der Waals surface area contributed by atoms with E-state index >= 15 is 0 Å². The lowest BCUT2D eigenvalue weighted by molar-refractivity contribution is -0.141. The zero-order valence-electron chi connectivity index (χ0n) is 15.0. The third-order valence-corrected chi connectivity index (χ3v) is 5.76. The standard InChI is InChI=1S/C19H15N3O5S2/c23-16(25-9-12-4-2-1-3-5-12)10-28-19-22-21-18(29-19)20-17(24)13-6-7-14-15(8-13)27-11-26-14/h1-8H,9-11H2,(H,20,21,24). The first-order chi connectivity index (χ1) is 14.2. The molecule has 1 aliphatic heterocycles. The monoisotopic (exact) mass is 429 g/mol. The third kappa shape index (κ3) is 5.04. The molecule has 0 saturated carbocycles. The van der Waals surface area contributed by atoms with Gasteiger partial charge in [0.25, 0.3) is 5.91 Å². The number of nitrogens with zero attached hydrogens (tertiary/aromatic N) is 2. The zero-order chi connectivity index (χ0) is 20.1. The van der Waals surface area contributed by atoms with Gasteiger partial charge in [-0.15, -0.1) is 10.2 Å². The van der Waals surface area contributed by atoms with Gasteiger partial charge in [-0.3, -0.25) is 14.9 Å². The van der Waals surface area contributed by atoms with E-state index in [-0.39, 0.29) is 31.0 Å². The van der Waals surface area contributed by atoms with E-state index in [1.807, 2.05) is 30.3 Å². The first-order valence-electron chi connectivity index (χ1n) is 8.54. The molecule has 4 rings (SSSR count). The van der Waals surface area contributed by atoms with E-state index in [9.17, 15) is 9.59 Å². The molecule has 1 aromatic heterocycles. The van der Waals surface area contributed by atoms with E-state index in [0.29, 0.717) is 26.5 Å². The van der Waals surface area contributed by atoms with Gasteiger partial charge < -0.3 is 14.2 Å². The number of aromatic nitrogens is 2. The Kier molecular flexibility index (Phi) is 5.92. The molecule has 0 saturated heterocycles. The second-order valence-electron chi connectivity index (χ2n) is 5.83. The van der Waals surface area contributed by atoms with Crippen LogP contribution in [0.2, 0.25) is 0 Å². The van der Waals surface area contributed by atoms with Crippen molar-refractivity contribution in [2.45, 2.75) is 10.9 Å². The number of amides is 1. The van der Waals surface area contributed by atoms with Crippen LogP contribution in [0.3, 0.4) is 0 Å². The summed E-state index contributed by atoms with van der Waals surface area (Å²) in [4.78, 5) is 24.2. The molecular formula is C19H15N3O5S2. The van der Waals surface area contributed by atoms with E-state index in [2.05, 4.69) is 15.5 Å². The molecule has 1 N–H and O–H groups in total. The van der Waals surface area contributed by atoms with E-state index in [4.69, 9.17) is 14.2 Å². The fourth-order valence-electron chi connectivity index (χ4n) is 2.43. The van der Waals surface area contributed by atoms with Crippen molar-refractivity contribution in [3.8, 4) is 11.5 Å². The van der Waals surface area contributed by atoms with Crippen molar-refractivity contribution in [3.63, 3.8) is 0 Å². The van der Waals surface area contributed by atoms with Crippen LogP contribution in [0.4, 0.5) is 5.13 Å². The number of ether oxygens (including phenoxy) is 3. The number of fused-ring (bicyclic) bond motifs is 1. The summed E-state index contributed by atoms with van der Waals surface area (Å²) < 4.78 is 16.3. The molecule has 29 heavy (non-hydrogen) atoms. The van der Waals surface area contributed by atoms with Crippen molar-refractivity contribution in [1.82, 2.24) is 10.2 Å². The molecule has 10 heteroatoms. The Balaban J connectivity index is 1.26. The largest absolute Gasteiger partial charge is 0.460 e. The normalized spacial score (nSPS) is 11.9. The first kappa shape index (κ1) is 19.2. The molecule has 0 atom stereocenters. The summed E-state index contributed by atoms with van der Waals surface area (Å²) in [5.41, 5.74) is 1.35. The molecule has 2 aromatic carbocycles. The van der Waals surface area contributed by atoms with Crippen molar-refractivity contribution in [1.29, 1.82) is 0 Å². The quantitative estimate of drug-likeness (QED) is 0.347. The number of thioether (sulfide) groups is 1. The molecule has 1 amide bonds. The molecule has 2 heterocycles. The molecule has 0 fully saturated rings. The molecule has 1 aliphatic rings. The highest BCUT2D eigenvalue weighted by molar-refractivity contribution is 8.01. The van der Waals surface area contributed by atoms with E-state index in [1.165, 1.54) is 23.1 Å². The SMILES string of the molecule is O=C(CSc1nnc(NC(=O)c2ccc3c(c2)OCO3)s1)OCc1ccccc1. The van der Waals surface area contributed by atoms with Crippen molar-refractivity contribution in [2.24, 2.45) is 0 Å². The predicted octanol–water partition coefficient (Wildman–Crippen LogP) is 3.35. The van der Waals surface area contributed by atoms with Crippen LogP contribution in [0.15, 0.2) is 52.9 Å². The molecule has 0 radical (unpaired) electrons. The van der Waals surface area contributed by atoms with Crippen molar-refractivity contribution in [2.75, 3.05) is 17.9 Å². The number of benzene rings is 2. The number of esters is 1.